The number of rotatable bonds is 4. The maximum atomic E-state index is 13.7. The van der Waals surface area contributed by atoms with Gasteiger partial charge in [0.1, 0.15) is 28.6 Å². The molecule has 136 valence electrons. The zero-order valence-corrected chi connectivity index (χ0v) is 15.7. The summed E-state index contributed by atoms with van der Waals surface area (Å²) < 4.78 is 46.1. The summed E-state index contributed by atoms with van der Waals surface area (Å²) in [5.41, 5.74) is -0.0784. The first-order chi connectivity index (χ1) is 12.3. The molecule has 9 heteroatoms. The van der Waals surface area contributed by atoms with Crippen molar-refractivity contribution in [2.24, 2.45) is 0 Å². The Balaban J connectivity index is 1.74. The van der Waals surface area contributed by atoms with Crippen LogP contribution in [0, 0.1) is 17.1 Å². The normalized spacial score (nSPS) is 17.8. The molecule has 1 heterocycles. The van der Waals surface area contributed by atoms with Gasteiger partial charge in [-0.1, -0.05) is 23.2 Å². The summed E-state index contributed by atoms with van der Waals surface area (Å²) in [6.45, 7) is 0.369. The number of sulfonamides is 1. The maximum absolute atomic E-state index is 13.7. The van der Waals surface area contributed by atoms with Crippen molar-refractivity contribution in [2.75, 3.05) is 13.1 Å². The Morgan fingerprint density at radius 3 is 2.65 bits per heavy atom. The van der Waals surface area contributed by atoms with Crippen molar-refractivity contribution in [2.45, 2.75) is 17.4 Å². The van der Waals surface area contributed by atoms with Gasteiger partial charge in [-0.05, 0) is 36.8 Å². The molecule has 0 aliphatic carbocycles. The van der Waals surface area contributed by atoms with Crippen molar-refractivity contribution in [1.29, 1.82) is 5.26 Å². The van der Waals surface area contributed by atoms with E-state index in [1.807, 2.05) is 0 Å². The predicted molar refractivity (Wildman–Crippen MR) is 95.4 cm³/mol. The summed E-state index contributed by atoms with van der Waals surface area (Å²) in [6.07, 6.45) is 0.0229. The Kier molecular flexibility index (Phi) is 5.39. The number of hydrogen-bond acceptors (Lipinski definition) is 4. The second-order valence-corrected chi connectivity index (χ2v) is 8.47. The van der Waals surface area contributed by atoms with Gasteiger partial charge in [-0.15, -0.1) is 0 Å². The van der Waals surface area contributed by atoms with E-state index in [9.17, 15) is 12.8 Å². The Morgan fingerprint density at radius 1 is 1.23 bits per heavy atom. The van der Waals surface area contributed by atoms with Crippen LogP contribution in [-0.2, 0) is 10.0 Å². The largest absolute Gasteiger partial charge is 0.489 e. The lowest BCUT2D eigenvalue weighted by atomic mass is 10.2. The van der Waals surface area contributed by atoms with Crippen LogP contribution < -0.4 is 4.74 Å². The second-order valence-electron chi connectivity index (χ2n) is 5.72. The van der Waals surface area contributed by atoms with Gasteiger partial charge in [0.2, 0.25) is 10.0 Å². The van der Waals surface area contributed by atoms with Crippen molar-refractivity contribution in [1.82, 2.24) is 4.31 Å². The van der Waals surface area contributed by atoms with Gasteiger partial charge in [0.25, 0.3) is 0 Å². The van der Waals surface area contributed by atoms with Crippen LogP contribution in [0.2, 0.25) is 10.0 Å². The second kappa shape index (κ2) is 7.41. The Morgan fingerprint density at radius 2 is 2.00 bits per heavy atom. The lowest BCUT2D eigenvalue weighted by Gasteiger charge is -2.18. The molecule has 0 amide bonds. The van der Waals surface area contributed by atoms with E-state index in [4.69, 9.17) is 33.2 Å². The van der Waals surface area contributed by atoms with Gasteiger partial charge in [-0.3, -0.25) is 0 Å². The van der Waals surface area contributed by atoms with E-state index in [1.54, 1.807) is 6.07 Å². The fraction of sp³-hybridized carbons (Fsp3) is 0.235. The smallest absolute Gasteiger partial charge is 0.244 e. The van der Waals surface area contributed by atoms with Crippen LogP contribution >= 0.6 is 23.2 Å². The third-order valence-electron chi connectivity index (χ3n) is 3.98. The number of benzene rings is 2. The molecule has 0 saturated carbocycles. The molecule has 1 unspecified atom stereocenters. The Labute approximate surface area is 160 Å². The first kappa shape index (κ1) is 18.9. The Hall–Kier alpha value is -1.85. The zero-order valence-electron chi connectivity index (χ0n) is 13.3. The molecule has 0 bridgehead atoms. The zero-order chi connectivity index (χ0) is 18.9. The molecule has 1 aliphatic rings. The summed E-state index contributed by atoms with van der Waals surface area (Å²) in [5.74, 6) is -0.435. The summed E-state index contributed by atoms with van der Waals surface area (Å²) >= 11 is 11.8. The van der Waals surface area contributed by atoms with E-state index in [2.05, 4.69) is 0 Å². The van der Waals surface area contributed by atoms with E-state index in [0.717, 1.165) is 6.07 Å². The molecule has 1 fully saturated rings. The van der Waals surface area contributed by atoms with Gasteiger partial charge in [0, 0.05) is 17.6 Å². The van der Waals surface area contributed by atoms with Crippen LogP contribution in [0.25, 0.3) is 0 Å². The average molecular weight is 415 g/mol. The third-order valence-corrected chi connectivity index (χ3v) is 6.57. The molecule has 0 N–H and O–H groups in total. The first-order valence-electron chi connectivity index (χ1n) is 7.63. The highest BCUT2D eigenvalue weighted by molar-refractivity contribution is 7.89. The highest BCUT2D eigenvalue weighted by Gasteiger charge is 2.34. The molecule has 5 nitrogen and oxygen atoms in total. The average Bonchev–Trinajstić information content (AvgIpc) is 3.04. The molecule has 0 aromatic heterocycles. The molecule has 0 spiro atoms. The van der Waals surface area contributed by atoms with E-state index in [0.29, 0.717) is 11.4 Å². The molecule has 2 aromatic rings. The van der Waals surface area contributed by atoms with E-state index in [-0.39, 0.29) is 34.3 Å². The van der Waals surface area contributed by atoms with Gasteiger partial charge in [0.15, 0.2) is 0 Å². The SMILES string of the molecule is N#Cc1ccc(OC2CCN(S(=O)(=O)c3ccc(Cl)cc3Cl)C2)cc1F. The number of hydrogen-bond donors (Lipinski definition) is 0. The van der Waals surface area contributed by atoms with Gasteiger partial charge in [0.05, 0.1) is 17.1 Å². The van der Waals surface area contributed by atoms with Crippen LogP contribution in [0.5, 0.6) is 5.75 Å². The maximum Gasteiger partial charge on any atom is 0.244 e. The molecular formula is C17H13Cl2FN2O3S. The molecule has 1 saturated heterocycles. The molecule has 2 aromatic carbocycles. The van der Waals surface area contributed by atoms with Crippen LogP contribution in [0.1, 0.15) is 12.0 Å². The first-order valence-corrected chi connectivity index (χ1v) is 9.82. The van der Waals surface area contributed by atoms with Crippen LogP contribution in [0.4, 0.5) is 4.39 Å². The standard InChI is InChI=1S/C17H13Cl2FN2O3S/c18-12-2-4-17(15(19)7-12)26(23,24)22-6-5-14(10-22)25-13-3-1-11(9-21)16(20)8-13/h1-4,7-8,14H,5-6,10H2. The van der Waals surface area contributed by atoms with Gasteiger partial charge in [-0.25, -0.2) is 12.8 Å². The van der Waals surface area contributed by atoms with Crippen molar-refractivity contribution in [3.05, 3.63) is 57.8 Å². The number of ether oxygens (including phenoxy) is 1. The number of halogens is 3. The fourth-order valence-corrected chi connectivity index (χ4v) is 4.92. The van der Waals surface area contributed by atoms with Crippen LogP contribution in [0.3, 0.4) is 0 Å². The van der Waals surface area contributed by atoms with Crippen molar-refractivity contribution in [3.8, 4) is 11.8 Å². The highest BCUT2D eigenvalue weighted by atomic mass is 35.5. The molecule has 3 rings (SSSR count). The minimum atomic E-state index is -3.78. The van der Waals surface area contributed by atoms with E-state index in [1.165, 1.54) is 34.6 Å². The lowest BCUT2D eigenvalue weighted by molar-refractivity contribution is 0.214. The summed E-state index contributed by atoms with van der Waals surface area (Å²) in [5, 5.41) is 9.14. The molecule has 0 radical (unpaired) electrons. The minimum absolute atomic E-state index is 0.0198. The number of nitriles is 1. The van der Waals surface area contributed by atoms with Gasteiger partial charge < -0.3 is 4.74 Å². The minimum Gasteiger partial charge on any atom is -0.489 e. The summed E-state index contributed by atoms with van der Waals surface area (Å²) in [4.78, 5) is -0.0198. The summed E-state index contributed by atoms with van der Waals surface area (Å²) in [7, 11) is -3.78. The number of nitrogens with zero attached hydrogens (tertiary/aromatic N) is 2. The van der Waals surface area contributed by atoms with Crippen molar-refractivity contribution >= 4 is 33.2 Å². The monoisotopic (exact) mass is 414 g/mol. The van der Waals surface area contributed by atoms with Crippen molar-refractivity contribution < 1.29 is 17.5 Å². The Bertz CT molecular complexity index is 992. The molecule has 26 heavy (non-hydrogen) atoms. The third kappa shape index (κ3) is 3.79. The van der Waals surface area contributed by atoms with Crippen molar-refractivity contribution in [3.63, 3.8) is 0 Å². The predicted octanol–water partition coefficient (Wildman–Crippen LogP) is 3.85. The van der Waals surface area contributed by atoms with Gasteiger partial charge >= 0.3 is 0 Å². The molecule has 1 aliphatic heterocycles. The highest BCUT2D eigenvalue weighted by Crippen LogP contribution is 2.30. The quantitative estimate of drug-likeness (QED) is 0.761. The van der Waals surface area contributed by atoms with E-state index >= 15 is 0 Å². The van der Waals surface area contributed by atoms with E-state index < -0.39 is 21.9 Å². The molecule has 1 atom stereocenters. The molecular weight excluding hydrogens is 402 g/mol. The lowest BCUT2D eigenvalue weighted by Crippen LogP contribution is -2.31. The van der Waals surface area contributed by atoms with Crippen LogP contribution in [-0.4, -0.2) is 31.9 Å². The fourth-order valence-electron chi connectivity index (χ4n) is 2.69. The topological polar surface area (TPSA) is 70.4 Å². The van der Waals surface area contributed by atoms with Gasteiger partial charge in [-0.2, -0.15) is 9.57 Å². The summed E-state index contributed by atoms with van der Waals surface area (Å²) in [6, 6.07) is 9.85. The van der Waals surface area contributed by atoms with Crippen LogP contribution in [0.15, 0.2) is 41.3 Å².